The maximum atomic E-state index is 12.5. The Balaban J connectivity index is 2.08. The molecule has 0 bridgehead atoms. The molecule has 116 valence electrons. The molecule has 3 aromatic rings. The SMILES string of the molecule is [N-]=[N+]=C(C(=O)c1ccccc1)c1cc(=O)cc(-c2ccccc2)o1. The smallest absolute Gasteiger partial charge is 0.404 e. The molecular formula is C19H12N2O3. The van der Waals surface area contributed by atoms with Crippen LogP contribution in [0.3, 0.4) is 0 Å². The summed E-state index contributed by atoms with van der Waals surface area (Å²) in [4.78, 5) is 27.5. The molecule has 0 unspecified atom stereocenters. The maximum Gasteiger partial charge on any atom is 0.404 e. The van der Waals surface area contributed by atoms with Gasteiger partial charge in [-0.05, 0) is 0 Å². The van der Waals surface area contributed by atoms with Crippen LogP contribution < -0.4 is 5.43 Å². The van der Waals surface area contributed by atoms with Gasteiger partial charge in [-0.3, -0.25) is 9.59 Å². The number of hydrogen-bond donors (Lipinski definition) is 0. The van der Waals surface area contributed by atoms with Crippen LogP contribution >= 0.6 is 0 Å². The molecule has 0 N–H and O–H groups in total. The van der Waals surface area contributed by atoms with Crippen LogP contribution in [0.5, 0.6) is 0 Å². The third-order valence-corrected chi connectivity index (χ3v) is 3.41. The second-order valence-corrected chi connectivity index (χ2v) is 5.03. The Morgan fingerprint density at radius 1 is 0.917 bits per heavy atom. The molecule has 0 aliphatic carbocycles. The molecule has 5 nitrogen and oxygen atoms in total. The number of carbonyl (C=O) groups is 1. The standard InChI is InChI=1S/C19H12N2O3/c20-21-18(19(23)14-9-5-2-6-10-14)17-12-15(22)11-16(24-17)13-7-3-1-4-8-13/h1-12H. The van der Waals surface area contributed by atoms with Gasteiger partial charge in [-0.25, -0.2) is 0 Å². The van der Waals surface area contributed by atoms with E-state index in [0.29, 0.717) is 16.9 Å². The zero-order valence-corrected chi connectivity index (χ0v) is 12.5. The number of Topliss-reactive ketones (excluding diaryl/α,β-unsaturated/α-hetero) is 1. The fourth-order valence-corrected chi connectivity index (χ4v) is 2.27. The molecule has 1 heterocycles. The third kappa shape index (κ3) is 3.11. The van der Waals surface area contributed by atoms with E-state index in [2.05, 4.69) is 4.79 Å². The van der Waals surface area contributed by atoms with Crippen molar-refractivity contribution in [3.05, 3.63) is 99.9 Å². The van der Waals surface area contributed by atoms with Crippen LogP contribution in [0.2, 0.25) is 0 Å². The van der Waals surface area contributed by atoms with E-state index in [0.717, 1.165) is 6.07 Å². The fraction of sp³-hybridized carbons (Fsp3) is 0. The lowest BCUT2D eigenvalue weighted by Gasteiger charge is -2.02. The van der Waals surface area contributed by atoms with Crippen LogP contribution in [0.4, 0.5) is 0 Å². The van der Waals surface area contributed by atoms with E-state index in [9.17, 15) is 15.1 Å². The van der Waals surface area contributed by atoms with E-state index >= 15 is 0 Å². The molecule has 0 saturated heterocycles. The van der Waals surface area contributed by atoms with Gasteiger partial charge in [0.2, 0.25) is 5.76 Å². The van der Waals surface area contributed by atoms with Crippen molar-refractivity contribution < 1.29 is 14.0 Å². The van der Waals surface area contributed by atoms with Crippen molar-refractivity contribution in [1.82, 2.24) is 0 Å². The topological polar surface area (TPSA) is 83.7 Å². The van der Waals surface area contributed by atoms with Crippen LogP contribution in [-0.4, -0.2) is 16.3 Å². The molecule has 0 saturated carbocycles. The fourth-order valence-electron chi connectivity index (χ4n) is 2.27. The first-order valence-corrected chi connectivity index (χ1v) is 7.22. The highest BCUT2D eigenvalue weighted by Crippen LogP contribution is 2.19. The Hall–Kier alpha value is -3.56. The van der Waals surface area contributed by atoms with Gasteiger partial charge < -0.3 is 9.95 Å². The minimum Gasteiger partial charge on any atom is -0.448 e. The summed E-state index contributed by atoms with van der Waals surface area (Å²) in [6.45, 7) is 0. The van der Waals surface area contributed by atoms with E-state index in [-0.39, 0.29) is 16.9 Å². The molecule has 0 aliphatic heterocycles. The summed E-state index contributed by atoms with van der Waals surface area (Å²) in [7, 11) is 0. The Morgan fingerprint density at radius 2 is 1.54 bits per heavy atom. The first kappa shape index (κ1) is 15.3. The third-order valence-electron chi connectivity index (χ3n) is 3.41. The number of rotatable bonds is 4. The van der Waals surface area contributed by atoms with Crippen molar-refractivity contribution in [3.8, 4) is 11.3 Å². The molecular weight excluding hydrogens is 304 g/mol. The highest BCUT2D eigenvalue weighted by molar-refractivity contribution is 6.48. The molecule has 0 spiro atoms. The number of hydrogen-bond acceptors (Lipinski definition) is 3. The van der Waals surface area contributed by atoms with Gasteiger partial charge in [0.25, 0.3) is 5.78 Å². The predicted octanol–water partition coefficient (Wildman–Crippen LogP) is 3.21. The van der Waals surface area contributed by atoms with Gasteiger partial charge in [0.05, 0.1) is 0 Å². The molecule has 0 fully saturated rings. The Kier molecular flexibility index (Phi) is 4.27. The summed E-state index contributed by atoms with van der Waals surface area (Å²) >= 11 is 0. The first-order chi connectivity index (χ1) is 11.7. The molecule has 3 rings (SSSR count). The van der Waals surface area contributed by atoms with Crippen LogP contribution in [0.15, 0.2) is 82.0 Å². The number of nitrogens with zero attached hydrogens (tertiary/aromatic N) is 2. The van der Waals surface area contributed by atoms with E-state index in [1.54, 1.807) is 54.6 Å². The van der Waals surface area contributed by atoms with Gasteiger partial charge in [-0.2, -0.15) is 4.79 Å². The first-order valence-electron chi connectivity index (χ1n) is 7.22. The lowest BCUT2D eigenvalue weighted by molar-refractivity contribution is -0.00669. The van der Waals surface area contributed by atoms with Crippen LogP contribution in [-0.2, 0) is 0 Å². The van der Waals surface area contributed by atoms with E-state index < -0.39 is 5.78 Å². The highest BCUT2D eigenvalue weighted by Gasteiger charge is 2.27. The maximum absolute atomic E-state index is 12.5. The van der Waals surface area contributed by atoms with E-state index in [1.807, 2.05) is 6.07 Å². The van der Waals surface area contributed by atoms with Gasteiger partial charge >= 0.3 is 5.71 Å². The Morgan fingerprint density at radius 3 is 2.17 bits per heavy atom. The summed E-state index contributed by atoms with van der Waals surface area (Å²) in [5, 5.41) is 0. The molecule has 0 atom stereocenters. The van der Waals surface area contributed by atoms with Gasteiger partial charge in [-0.15, -0.1) is 0 Å². The predicted molar refractivity (Wildman–Crippen MR) is 88.9 cm³/mol. The molecule has 0 radical (unpaired) electrons. The number of benzene rings is 2. The largest absolute Gasteiger partial charge is 0.448 e. The molecule has 2 aromatic carbocycles. The minimum atomic E-state index is -0.536. The van der Waals surface area contributed by atoms with Crippen molar-refractivity contribution in [2.45, 2.75) is 0 Å². The van der Waals surface area contributed by atoms with Crippen LogP contribution in [0.25, 0.3) is 16.9 Å². The van der Waals surface area contributed by atoms with Crippen LogP contribution in [0, 0.1) is 0 Å². The Labute approximate surface area is 137 Å². The monoisotopic (exact) mass is 316 g/mol. The van der Waals surface area contributed by atoms with Gasteiger partial charge in [0.1, 0.15) is 5.76 Å². The van der Waals surface area contributed by atoms with E-state index in [1.165, 1.54) is 6.07 Å². The summed E-state index contributed by atoms with van der Waals surface area (Å²) in [5.41, 5.74) is 9.61. The number of carbonyl (C=O) groups excluding carboxylic acids is 1. The normalized spacial score (nSPS) is 10.0. The molecule has 5 heteroatoms. The van der Waals surface area contributed by atoms with Crippen molar-refractivity contribution in [3.63, 3.8) is 0 Å². The van der Waals surface area contributed by atoms with Crippen molar-refractivity contribution in [1.29, 1.82) is 0 Å². The van der Waals surface area contributed by atoms with Crippen LogP contribution in [0.1, 0.15) is 16.1 Å². The average Bonchev–Trinajstić information content (AvgIpc) is 2.63. The Bertz CT molecular complexity index is 986. The minimum absolute atomic E-state index is 0.0855. The summed E-state index contributed by atoms with van der Waals surface area (Å²) in [6.07, 6.45) is 0. The van der Waals surface area contributed by atoms with Crippen molar-refractivity contribution in [2.75, 3.05) is 0 Å². The molecule has 1 aromatic heterocycles. The number of ketones is 1. The second kappa shape index (κ2) is 6.69. The summed E-state index contributed by atoms with van der Waals surface area (Å²) in [5.74, 6) is -0.329. The highest BCUT2D eigenvalue weighted by atomic mass is 16.3. The summed E-state index contributed by atoms with van der Waals surface area (Å²) in [6, 6.07) is 19.8. The molecule has 0 aliphatic rings. The quantitative estimate of drug-likeness (QED) is 0.321. The van der Waals surface area contributed by atoms with Crippen molar-refractivity contribution in [2.24, 2.45) is 0 Å². The molecule has 0 amide bonds. The van der Waals surface area contributed by atoms with Crippen molar-refractivity contribution >= 4 is 11.5 Å². The lowest BCUT2D eigenvalue weighted by Crippen LogP contribution is -2.19. The zero-order chi connectivity index (χ0) is 16.9. The van der Waals surface area contributed by atoms with Gasteiger partial charge in [-0.1, -0.05) is 60.7 Å². The second-order valence-electron chi connectivity index (χ2n) is 5.03. The van der Waals surface area contributed by atoms with E-state index in [4.69, 9.17) is 4.42 Å². The zero-order valence-electron chi connectivity index (χ0n) is 12.5. The average molecular weight is 316 g/mol. The van der Waals surface area contributed by atoms with Gasteiger partial charge in [0.15, 0.2) is 5.43 Å². The van der Waals surface area contributed by atoms with Gasteiger partial charge in [0, 0.05) is 23.3 Å². The lowest BCUT2D eigenvalue weighted by atomic mass is 10.0. The summed E-state index contributed by atoms with van der Waals surface area (Å²) < 4.78 is 5.63. The molecule has 24 heavy (non-hydrogen) atoms.